The van der Waals surface area contributed by atoms with Crippen molar-refractivity contribution < 1.29 is 8.76 Å². The molecular formula is C8H9NO2S. The van der Waals surface area contributed by atoms with Crippen molar-refractivity contribution in [1.29, 1.82) is 0 Å². The molecule has 1 aliphatic carbocycles. The molecule has 0 aromatic carbocycles. The molecule has 1 atom stereocenters. The number of nitrogens with zero attached hydrogens (tertiary/aromatic N) is 1. The molecule has 1 aromatic heterocycles. The molecule has 1 aromatic rings. The number of rotatable bonds is 2. The summed E-state index contributed by atoms with van der Waals surface area (Å²) < 4.78 is 19.7. The van der Waals surface area contributed by atoms with Gasteiger partial charge in [0.25, 0.3) is 0 Å². The molecule has 1 fully saturated rings. The van der Waals surface area contributed by atoms with Crippen LogP contribution < -0.4 is 0 Å². The van der Waals surface area contributed by atoms with E-state index in [1.165, 1.54) is 0 Å². The summed E-state index contributed by atoms with van der Waals surface area (Å²) in [6.07, 6.45) is 3.79. The minimum atomic E-state index is -1.93. The summed E-state index contributed by atoms with van der Waals surface area (Å²) in [6.45, 7) is 0. The maximum atomic E-state index is 10.8. The van der Waals surface area contributed by atoms with E-state index in [1.807, 2.05) is 12.1 Å². The summed E-state index contributed by atoms with van der Waals surface area (Å²) >= 11 is -1.93. The zero-order valence-electron chi connectivity index (χ0n) is 6.43. The third-order valence-electron chi connectivity index (χ3n) is 1.98. The van der Waals surface area contributed by atoms with Gasteiger partial charge in [-0.15, -0.1) is 0 Å². The maximum absolute atomic E-state index is 10.8. The molecule has 0 saturated heterocycles. The van der Waals surface area contributed by atoms with Gasteiger partial charge in [0.1, 0.15) is 0 Å². The second kappa shape index (κ2) is 2.95. The minimum absolute atomic E-state index is 0.333. The third-order valence-corrected chi connectivity index (χ3v) is 2.66. The van der Waals surface area contributed by atoms with Crippen LogP contribution in [0.1, 0.15) is 24.3 Å². The summed E-state index contributed by atoms with van der Waals surface area (Å²) in [5.41, 5.74) is 0.943. The van der Waals surface area contributed by atoms with Crippen LogP contribution in [0.4, 0.5) is 0 Å². The highest BCUT2D eigenvalue weighted by Crippen LogP contribution is 2.41. The van der Waals surface area contributed by atoms with Crippen molar-refractivity contribution in [3.63, 3.8) is 0 Å². The maximum Gasteiger partial charge on any atom is 0.205 e. The number of pyridine rings is 1. The molecule has 0 amide bonds. The van der Waals surface area contributed by atoms with E-state index in [0.29, 0.717) is 10.9 Å². The highest BCUT2D eigenvalue weighted by molar-refractivity contribution is 7.79. The highest BCUT2D eigenvalue weighted by Gasteiger charge is 2.27. The molecule has 0 radical (unpaired) electrons. The van der Waals surface area contributed by atoms with Crippen LogP contribution in [0.15, 0.2) is 23.4 Å². The van der Waals surface area contributed by atoms with Gasteiger partial charge in [-0.05, 0) is 30.4 Å². The minimum Gasteiger partial charge on any atom is -0.301 e. The van der Waals surface area contributed by atoms with Crippen molar-refractivity contribution in [3.8, 4) is 0 Å². The Kier molecular flexibility index (Phi) is 1.94. The predicted molar refractivity (Wildman–Crippen MR) is 45.2 cm³/mol. The first-order chi connectivity index (χ1) is 5.79. The van der Waals surface area contributed by atoms with Crippen LogP contribution in [0.2, 0.25) is 0 Å². The van der Waals surface area contributed by atoms with E-state index in [1.54, 1.807) is 6.20 Å². The molecular weight excluding hydrogens is 174 g/mol. The fourth-order valence-electron chi connectivity index (χ4n) is 1.25. The summed E-state index contributed by atoms with van der Waals surface area (Å²) in [6, 6.07) is 3.69. The predicted octanol–water partition coefficient (Wildman–Crippen LogP) is 1.54. The van der Waals surface area contributed by atoms with Gasteiger partial charge in [0.15, 0.2) is 5.03 Å². The first-order valence-corrected chi connectivity index (χ1v) is 4.95. The quantitative estimate of drug-likeness (QED) is 0.707. The fourth-order valence-corrected chi connectivity index (χ4v) is 1.84. The molecule has 1 heterocycles. The van der Waals surface area contributed by atoms with Gasteiger partial charge in [-0.25, -0.2) is 9.19 Å². The molecule has 3 nitrogen and oxygen atoms in total. The Morgan fingerprint density at radius 3 is 2.92 bits per heavy atom. The van der Waals surface area contributed by atoms with Crippen molar-refractivity contribution >= 4 is 11.1 Å². The molecule has 2 rings (SSSR count). The summed E-state index contributed by atoms with van der Waals surface area (Å²) in [5, 5.41) is 0.333. The summed E-state index contributed by atoms with van der Waals surface area (Å²) in [7, 11) is 0. The summed E-state index contributed by atoms with van der Waals surface area (Å²) in [4.78, 5) is 3.89. The fraction of sp³-hybridized carbons (Fsp3) is 0.375. The largest absolute Gasteiger partial charge is 0.301 e. The van der Waals surface area contributed by atoms with Crippen LogP contribution in [0.5, 0.6) is 0 Å². The molecule has 1 aliphatic rings. The highest BCUT2D eigenvalue weighted by atomic mass is 32.2. The Hall–Kier alpha value is -0.740. The zero-order chi connectivity index (χ0) is 8.55. The number of hydrogen-bond acceptors (Lipinski definition) is 2. The molecule has 1 N–H and O–H groups in total. The monoisotopic (exact) mass is 183 g/mol. The van der Waals surface area contributed by atoms with Crippen LogP contribution in [0.25, 0.3) is 0 Å². The van der Waals surface area contributed by atoms with Crippen molar-refractivity contribution in [2.24, 2.45) is 0 Å². The van der Waals surface area contributed by atoms with Gasteiger partial charge in [-0.2, -0.15) is 0 Å². The van der Waals surface area contributed by atoms with Crippen molar-refractivity contribution in [3.05, 3.63) is 23.9 Å². The first-order valence-electron chi connectivity index (χ1n) is 3.85. The third kappa shape index (κ3) is 1.40. The lowest BCUT2D eigenvalue weighted by atomic mass is 10.2. The van der Waals surface area contributed by atoms with Crippen LogP contribution in [0.3, 0.4) is 0 Å². The lowest BCUT2D eigenvalue weighted by molar-refractivity contribution is 0.558. The zero-order valence-corrected chi connectivity index (χ0v) is 7.25. The van der Waals surface area contributed by atoms with E-state index in [0.717, 1.165) is 18.4 Å². The van der Waals surface area contributed by atoms with Gasteiger partial charge in [0, 0.05) is 6.20 Å². The van der Waals surface area contributed by atoms with Crippen LogP contribution in [-0.2, 0) is 11.1 Å². The van der Waals surface area contributed by atoms with Crippen LogP contribution >= 0.6 is 0 Å². The van der Waals surface area contributed by atoms with Crippen molar-refractivity contribution in [1.82, 2.24) is 4.98 Å². The van der Waals surface area contributed by atoms with E-state index in [9.17, 15) is 4.21 Å². The second-order valence-corrected chi connectivity index (χ2v) is 3.81. The molecule has 1 unspecified atom stereocenters. The standard InChI is InChI=1S/C8H9NO2S/c10-12(11)8-7(6-3-4-6)2-1-5-9-8/h1-2,5-6H,3-4H2,(H,10,11). The molecule has 64 valence electrons. The van der Waals surface area contributed by atoms with Crippen LogP contribution in [0, 0.1) is 0 Å². The SMILES string of the molecule is O=S(O)c1ncccc1C1CC1. The average molecular weight is 183 g/mol. The Morgan fingerprint density at radius 2 is 2.33 bits per heavy atom. The van der Waals surface area contributed by atoms with Crippen molar-refractivity contribution in [2.45, 2.75) is 23.8 Å². The molecule has 4 heteroatoms. The topological polar surface area (TPSA) is 50.2 Å². The van der Waals surface area contributed by atoms with Crippen molar-refractivity contribution in [2.75, 3.05) is 0 Å². The smallest absolute Gasteiger partial charge is 0.205 e. The Bertz CT molecular complexity index is 323. The Labute approximate surface area is 73.1 Å². The molecule has 1 saturated carbocycles. The first kappa shape index (κ1) is 7.89. The van der Waals surface area contributed by atoms with E-state index in [4.69, 9.17) is 4.55 Å². The van der Waals surface area contributed by atoms with E-state index >= 15 is 0 Å². The van der Waals surface area contributed by atoms with Gasteiger partial charge in [-0.1, -0.05) is 6.07 Å². The van der Waals surface area contributed by atoms with Gasteiger partial charge >= 0.3 is 0 Å². The van der Waals surface area contributed by atoms with E-state index in [-0.39, 0.29) is 0 Å². The van der Waals surface area contributed by atoms with Gasteiger partial charge in [-0.3, -0.25) is 0 Å². The number of hydrogen-bond donors (Lipinski definition) is 1. The molecule has 0 spiro atoms. The van der Waals surface area contributed by atoms with E-state index in [2.05, 4.69) is 4.98 Å². The van der Waals surface area contributed by atoms with Gasteiger partial charge < -0.3 is 4.55 Å². The molecule has 12 heavy (non-hydrogen) atoms. The number of aromatic nitrogens is 1. The second-order valence-electron chi connectivity index (χ2n) is 2.92. The van der Waals surface area contributed by atoms with E-state index < -0.39 is 11.1 Å². The van der Waals surface area contributed by atoms with Gasteiger partial charge in [0.05, 0.1) is 0 Å². The Morgan fingerprint density at radius 1 is 1.58 bits per heavy atom. The summed E-state index contributed by atoms with van der Waals surface area (Å²) in [5.74, 6) is 0.477. The molecule has 0 aliphatic heterocycles. The normalized spacial score (nSPS) is 19.1. The lowest BCUT2D eigenvalue weighted by Crippen LogP contribution is -1.97. The van der Waals surface area contributed by atoms with Gasteiger partial charge in [0.2, 0.25) is 11.1 Å². The molecule has 0 bridgehead atoms. The Balaban J connectivity index is 2.43. The lowest BCUT2D eigenvalue weighted by Gasteiger charge is -2.01. The van der Waals surface area contributed by atoms with Crippen LogP contribution in [-0.4, -0.2) is 13.7 Å². The average Bonchev–Trinajstić information content (AvgIpc) is 2.87.